The molecule has 2 aromatic heterocycles. The summed E-state index contributed by atoms with van der Waals surface area (Å²) in [5, 5.41) is 7.97. The third-order valence-corrected chi connectivity index (χ3v) is 4.73. The molecule has 0 fully saturated rings. The van der Waals surface area contributed by atoms with Crippen molar-refractivity contribution in [2.24, 2.45) is 0 Å². The molecule has 0 amide bonds. The van der Waals surface area contributed by atoms with Crippen LogP contribution in [0.15, 0.2) is 42.6 Å². The van der Waals surface area contributed by atoms with Gasteiger partial charge in [-0.3, -0.25) is 5.10 Å². The Morgan fingerprint density at radius 2 is 2.00 bits per heavy atom. The fourth-order valence-corrected chi connectivity index (χ4v) is 3.58. The SMILES string of the molecule is Fc1ccc(-c2nc3n(c2-c2ccc4[nH]ncc4c2)CCC3)c(F)c1. The Bertz CT molecular complexity index is 1110. The number of nitrogens with one attached hydrogen (secondary N) is 1. The molecule has 0 bridgehead atoms. The van der Waals surface area contributed by atoms with Crippen LogP contribution in [0.1, 0.15) is 12.2 Å². The normalized spacial score (nSPS) is 13.5. The molecule has 3 heterocycles. The molecule has 0 saturated carbocycles. The molecule has 0 radical (unpaired) electrons. The van der Waals surface area contributed by atoms with Crippen molar-refractivity contribution in [1.82, 2.24) is 19.7 Å². The van der Waals surface area contributed by atoms with Crippen molar-refractivity contribution in [3.8, 4) is 22.5 Å². The van der Waals surface area contributed by atoms with Crippen LogP contribution in [0.3, 0.4) is 0 Å². The number of rotatable bonds is 2. The minimum Gasteiger partial charge on any atom is -0.327 e. The van der Waals surface area contributed by atoms with Crippen molar-refractivity contribution in [3.05, 3.63) is 60.1 Å². The van der Waals surface area contributed by atoms with Crippen LogP contribution in [-0.2, 0) is 13.0 Å². The molecule has 2 aromatic carbocycles. The smallest absolute Gasteiger partial charge is 0.135 e. The Morgan fingerprint density at radius 1 is 1.08 bits per heavy atom. The van der Waals surface area contributed by atoms with E-state index in [4.69, 9.17) is 0 Å². The zero-order chi connectivity index (χ0) is 17.0. The number of aromatic amines is 1. The van der Waals surface area contributed by atoms with Crippen molar-refractivity contribution in [1.29, 1.82) is 0 Å². The van der Waals surface area contributed by atoms with Crippen LogP contribution in [0.4, 0.5) is 8.78 Å². The van der Waals surface area contributed by atoms with E-state index in [1.54, 1.807) is 6.20 Å². The minimum absolute atomic E-state index is 0.325. The fourth-order valence-electron chi connectivity index (χ4n) is 3.58. The minimum atomic E-state index is -0.595. The van der Waals surface area contributed by atoms with Crippen LogP contribution >= 0.6 is 0 Å². The van der Waals surface area contributed by atoms with Gasteiger partial charge in [0.05, 0.1) is 23.1 Å². The average Bonchev–Trinajstić information content (AvgIpc) is 3.29. The summed E-state index contributed by atoms with van der Waals surface area (Å²) >= 11 is 0. The number of hydrogen-bond acceptors (Lipinski definition) is 2. The van der Waals surface area contributed by atoms with Gasteiger partial charge >= 0.3 is 0 Å². The van der Waals surface area contributed by atoms with Gasteiger partial charge in [-0.1, -0.05) is 6.07 Å². The number of benzene rings is 2. The molecule has 25 heavy (non-hydrogen) atoms. The predicted molar refractivity (Wildman–Crippen MR) is 91.0 cm³/mol. The second kappa shape index (κ2) is 5.24. The quantitative estimate of drug-likeness (QED) is 0.593. The first-order valence-electron chi connectivity index (χ1n) is 8.19. The standard InChI is InChI=1S/C19H14F2N4/c20-13-4-5-14(15(21)9-13)18-19(25-7-1-2-17(25)23-18)11-3-6-16-12(8-11)10-22-24-16/h3-6,8-10H,1-2,7H2,(H,22,24). The molecule has 5 rings (SSSR count). The summed E-state index contributed by atoms with van der Waals surface area (Å²) < 4.78 is 29.8. The lowest BCUT2D eigenvalue weighted by molar-refractivity contribution is 0.585. The summed E-state index contributed by atoms with van der Waals surface area (Å²) in [4.78, 5) is 4.67. The summed E-state index contributed by atoms with van der Waals surface area (Å²) in [6, 6.07) is 9.59. The number of fused-ring (bicyclic) bond motifs is 2. The summed E-state index contributed by atoms with van der Waals surface area (Å²) in [5.41, 5.74) is 3.66. The lowest BCUT2D eigenvalue weighted by Crippen LogP contribution is -1.97. The third-order valence-electron chi connectivity index (χ3n) is 4.73. The molecule has 6 heteroatoms. The van der Waals surface area contributed by atoms with E-state index in [0.717, 1.165) is 53.4 Å². The molecule has 4 aromatic rings. The van der Waals surface area contributed by atoms with Crippen LogP contribution in [0, 0.1) is 11.6 Å². The van der Waals surface area contributed by atoms with Crippen molar-refractivity contribution in [3.63, 3.8) is 0 Å². The zero-order valence-electron chi connectivity index (χ0n) is 13.3. The summed E-state index contributed by atoms with van der Waals surface area (Å²) in [6.07, 6.45) is 3.65. The molecule has 124 valence electrons. The highest BCUT2D eigenvalue weighted by molar-refractivity contribution is 5.87. The van der Waals surface area contributed by atoms with Crippen molar-refractivity contribution < 1.29 is 8.78 Å². The highest BCUT2D eigenvalue weighted by Crippen LogP contribution is 2.37. The largest absolute Gasteiger partial charge is 0.327 e. The highest BCUT2D eigenvalue weighted by atomic mass is 19.1. The van der Waals surface area contributed by atoms with Crippen LogP contribution in [0.2, 0.25) is 0 Å². The lowest BCUT2D eigenvalue weighted by atomic mass is 10.0. The lowest BCUT2D eigenvalue weighted by Gasteiger charge is -2.09. The van der Waals surface area contributed by atoms with Crippen LogP contribution in [0.25, 0.3) is 33.4 Å². The number of aromatic nitrogens is 4. The van der Waals surface area contributed by atoms with Gasteiger partial charge in [0.1, 0.15) is 17.5 Å². The van der Waals surface area contributed by atoms with Crippen molar-refractivity contribution in [2.75, 3.05) is 0 Å². The highest BCUT2D eigenvalue weighted by Gasteiger charge is 2.25. The Kier molecular flexibility index (Phi) is 3.00. The van der Waals surface area contributed by atoms with Gasteiger partial charge in [0.2, 0.25) is 0 Å². The summed E-state index contributed by atoms with van der Waals surface area (Å²) in [6.45, 7) is 0.851. The summed E-state index contributed by atoms with van der Waals surface area (Å²) in [7, 11) is 0. The first kappa shape index (κ1) is 14.3. The van der Waals surface area contributed by atoms with Gasteiger partial charge in [-0.15, -0.1) is 0 Å². The van der Waals surface area contributed by atoms with Gasteiger partial charge in [-0.25, -0.2) is 13.8 Å². The molecule has 0 atom stereocenters. The van der Waals surface area contributed by atoms with Gasteiger partial charge < -0.3 is 4.57 Å². The van der Waals surface area contributed by atoms with Gasteiger partial charge in [0.25, 0.3) is 0 Å². The maximum absolute atomic E-state index is 14.4. The molecular weight excluding hydrogens is 322 g/mol. The Balaban J connectivity index is 1.77. The van der Waals surface area contributed by atoms with Crippen LogP contribution in [-0.4, -0.2) is 19.7 Å². The van der Waals surface area contributed by atoms with E-state index in [0.29, 0.717) is 11.3 Å². The molecule has 0 spiro atoms. The van der Waals surface area contributed by atoms with E-state index in [-0.39, 0.29) is 0 Å². The molecule has 0 aliphatic carbocycles. The maximum atomic E-state index is 14.4. The van der Waals surface area contributed by atoms with E-state index in [2.05, 4.69) is 19.7 Å². The number of hydrogen-bond donors (Lipinski definition) is 1. The van der Waals surface area contributed by atoms with Crippen LogP contribution in [0.5, 0.6) is 0 Å². The second-order valence-corrected chi connectivity index (χ2v) is 6.28. The van der Waals surface area contributed by atoms with Gasteiger partial charge in [-0.2, -0.15) is 5.10 Å². The summed E-state index contributed by atoms with van der Waals surface area (Å²) in [5.74, 6) is -0.238. The van der Waals surface area contributed by atoms with E-state index < -0.39 is 11.6 Å². The Labute approximate surface area is 142 Å². The monoisotopic (exact) mass is 336 g/mol. The van der Waals surface area contributed by atoms with E-state index in [9.17, 15) is 8.78 Å². The molecule has 4 nitrogen and oxygen atoms in total. The number of imidazole rings is 1. The molecular formula is C19H14F2N4. The van der Waals surface area contributed by atoms with Crippen molar-refractivity contribution >= 4 is 10.9 Å². The molecule has 1 aliphatic heterocycles. The van der Waals surface area contributed by atoms with Crippen molar-refractivity contribution in [2.45, 2.75) is 19.4 Å². The van der Waals surface area contributed by atoms with E-state index >= 15 is 0 Å². The number of halogens is 2. The predicted octanol–water partition coefficient (Wildman–Crippen LogP) is 4.32. The molecule has 0 unspecified atom stereocenters. The second-order valence-electron chi connectivity index (χ2n) is 6.28. The number of aryl methyl sites for hydroxylation is 1. The van der Waals surface area contributed by atoms with Gasteiger partial charge in [0, 0.05) is 35.5 Å². The Morgan fingerprint density at radius 3 is 2.88 bits per heavy atom. The Hall–Kier alpha value is -3.02. The van der Waals surface area contributed by atoms with Gasteiger partial charge in [0.15, 0.2) is 0 Å². The number of nitrogens with zero attached hydrogens (tertiary/aromatic N) is 3. The number of H-pyrrole nitrogens is 1. The molecule has 1 N–H and O–H groups in total. The molecule has 1 aliphatic rings. The van der Waals surface area contributed by atoms with E-state index in [1.165, 1.54) is 12.1 Å². The first-order valence-corrected chi connectivity index (χ1v) is 8.19. The first-order chi connectivity index (χ1) is 12.2. The van der Waals surface area contributed by atoms with E-state index in [1.807, 2.05) is 18.2 Å². The van der Waals surface area contributed by atoms with Gasteiger partial charge in [-0.05, 0) is 30.7 Å². The van der Waals surface area contributed by atoms with Crippen LogP contribution < -0.4 is 0 Å². The molecule has 0 saturated heterocycles. The average molecular weight is 336 g/mol. The zero-order valence-corrected chi connectivity index (χ0v) is 13.3. The maximum Gasteiger partial charge on any atom is 0.135 e. The fraction of sp³-hybridized carbons (Fsp3) is 0.158. The topological polar surface area (TPSA) is 46.5 Å². The third kappa shape index (κ3) is 2.17.